The molecule has 1 N–H and O–H groups in total. The second kappa shape index (κ2) is 4.61. The van der Waals surface area contributed by atoms with Crippen molar-refractivity contribution in [2.24, 2.45) is 0 Å². The van der Waals surface area contributed by atoms with Crippen LogP contribution in [-0.2, 0) is 13.1 Å². The third-order valence-electron chi connectivity index (χ3n) is 2.22. The summed E-state index contributed by atoms with van der Waals surface area (Å²) in [6.45, 7) is 5.23. The Labute approximate surface area is 85.3 Å². The van der Waals surface area contributed by atoms with Gasteiger partial charge in [-0.05, 0) is 11.1 Å². The molecule has 1 heterocycles. The third kappa shape index (κ3) is 2.21. The lowest BCUT2D eigenvalue weighted by molar-refractivity contribution is 0.195. The van der Waals surface area contributed by atoms with E-state index in [0.717, 1.165) is 19.6 Å². The van der Waals surface area contributed by atoms with Crippen molar-refractivity contribution in [2.45, 2.75) is 20.0 Å². The maximum Gasteiger partial charge on any atom is 0.0388 e. The molecule has 0 spiro atoms. The summed E-state index contributed by atoms with van der Waals surface area (Å²) in [5.41, 5.74) is 6.24. The maximum absolute atomic E-state index is 3.32. The summed E-state index contributed by atoms with van der Waals surface area (Å²) in [6, 6.07) is 8.61. The summed E-state index contributed by atoms with van der Waals surface area (Å²) in [5.74, 6) is 0. The van der Waals surface area contributed by atoms with E-state index < -0.39 is 0 Å². The molecular formula is C10H15ClN2. The molecule has 0 bridgehead atoms. The van der Waals surface area contributed by atoms with Crippen molar-refractivity contribution in [2.75, 3.05) is 6.54 Å². The molecule has 2 rings (SSSR count). The maximum atomic E-state index is 3.32. The van der Waals surface area contributed by atoms with E-state index in [2.05, 4.69) is 41.6 Å². The monoisotopic (exact) mass is 198 g/mol. The molecule has 0 unspecified atom stereocenters. The lowest BCUT2D eigenvalue weighted by Crippen LogP contribution is -2.32. The van der Waals surface area contributed by atoms with Crippen molar-refractivity contribution in [1.29, 1.82) is 0 Å². The normalized spacial score (nSPS) is 15.2. The smallest absolute Gasteiger partial charge is 0.0388 e. The summed E-state index contributed by atoms with van der Waals surface area (Å²) in [6.07, 6.45) is 0. The predicted molar refractivity (Wildman–Crippen MR) is 56.6 cm³/mol. The van der Waals surface area contributed by atoms with E-state index in [1.54, 1.807) is 0 Å². The Morgan fingerprint density at radius 1 is 1.23 bits per heavy atom. The second-order valence-corrected chi connectivity index (χ2v) is 3.14. The van der Waals surface area contributed by atoms with Gasteiger partial charge in [0, 0.05) is 19.6 Å². The summed E-state index contributed by atoms with van der Waals surface area (Å²) >= 11 is 0. The highest BCUT2D eigenvalue weighted by Crippen LogP contribution is 2.19. The van der Waals surface area contributed by atoms with Gasteiger partial charge in [0.25, 0.3) is 0 Å². The Morgan fingerprint density at radius 2 is 1.77 bits per heavy atom. The quantitative estimate of drug-likeness (QED) is 0.782. The molecule has 3 heteroatoms. The van der Waals surface area contributed by atoms with E-state index in [4.69, 9.17) is 0 Å². The fraction of sp³-hybridized carbons (Fsp3) is 0.400. The Balaban J connectivity index is 0.000000845. The van der Waals surface area contributed by atoms with Gasteiger partial charge in [-0.3, -0.25) is 5.43 Å². The highest BCUT2D eigenvalue weighted by molar-refractivity contribution is 5.85. The van der Waals surface area contributed by atoms with Crippen LogP contribution >= 0.6 is 12.4 Å². The molecule has 0 saturated heterocycles. The highest BCUT2D eigenvalue weighted by Gasteiger charge is 2.16. The molecule has 1 aliphatic rings. The molecule has 0 aromatic heterocycles. The van der Waals surface area contributed by atoms with Crippen LogP contribution < -0.4 is 5.43 Å². The third-order valence-corrected chi connectivity index (χ3v) is 2.22. The number of benzene rings is 1. The average molecular weight is 199 g/mol. The fourth-order valence-electron chi connectivity index (χ4n) is 1.67. The Bertz CT molecular complexity index is 250. The van der Waals surface area contributed by atoms with Crippen LogP contribution in [0, 0.1) is 0 Å². The number of fused-ring (bicyclic) bond motifs is 1. The number of hydrazine groups is 1. The Hall–Kier alpha value is -0.570. The van der Waals surface area contributed by atoms with E-state index in [1.807, 2.05) is 0 Å². The number of hydrogen-bond donors (Lipinski definition) is 1. The molecule has 13 heavy (non-hydrogen) atoms. The molecule has 0 fully saturated rings. The molecule has 0 radical (unpaired) electrons. The van der Waals surface area contributed by atoms with Crippen LogP contribution in [0.5, 0.6) is 0 Å². The number of hydrogen-bond acceptors (Lipinski definition) is 2. The molecule has 1 aromatic rings. The topological polar surface area (TPSA) is 15.3 Å². The minimum atomic E-state index is 0. The first-order valence-electron chi connectivity index (χ1n) is 4.45. The van der Waals surface area contributed by atoms with Gasteiger partial charge in [-0.25, -0.2) is 5.01 Å². The van der Waals surface area contributed by atoms with Gasteiger partial charge >= 0.3 is 0 Å². The second-order valence-electron chi connectivity index (χ2n) is 3.14. The summed E-state index contributed by atoms with van der Waals surface area (Å²) < 4.78 is 0. The standard InChI is InChI=1S/C10H14N2.ClH/c1-2-11-12-7-9-5-3-4-6-10(9)8-12;/h3-6,11H,2,7-8H2,1H3;1H. The van der Waals surface area contributed by atoms with Gasteiger partial charge in [0.15, 0.2) is 0 Å². The van der Waals surface area contributed by atoms with Crippen LogP contribution in [0.3, 0.4) is 0 Å². The van der Waals surface area contributed by atoms with Crippen LogP contribution in [0.15, 0.2) is 24.3 Å². The Morgan fingerprint density at radius 3 is 2.23 bits per heavy atom. The minimum Gasteiger partial charge on any atom is -0.255 e. The summed E-state index contributed by atoms with van der Waals surface area (Å²) in [4.78, 5) is 0. The van der Waals surface area contributed by atoms with Crippen molar-refractivity contribution in [3.8, 4) is 0 Å². The number of nitrogens with one attached hydrogen (secondary N) is 1. The van der Waals surface area contributed by atoms with Gasteiger partial charge in [0.1, 0.15) is 0 Å². The first kappa shape index (κ1) is 10.5. The van der Waals surface area contributed by atoms with Crippen molar-refractivity contribution in [3.05, 3.63) is 35.4 Å². The molecule has 72 valence electrons. The molecule has 0 amide bonds. The van der Waals surface area contributed by atoms with Crippen LogP contribution in [-0.4, -0.2) is 11.6 Å². The van der Waals surface area contributed by atoms with E-state index in [0.29, 0.717) is 0 Å². The lowest BCUT2D eigenvalue weighted by atomic mass is 10.1. The van der Waals surface area contributed by atoms with Crippen molar-refractivity contribution >= 4 is 12.4 Å². The van der Waals surface area contributed by atoms with Gasteiger partial charge in [0.05, 0.1) is 0 Å². The fourth-order valence-corrected chi connectivity index (χ4v) is 1.67. The van der Waals surface area contributed by atoms with Crippen molar-refractivity contribution in [1.82, 2.24) is 10.4 Å². The SMILES string of the molecule is CCNN1Cc2ccccc2C1.Cl. The molecule has 1 aromatic carbocycles. The molecule has 0 saturated carbocycles. The van der Waals surface area contributed by atoms with Crippen LogP contribution in [0.4, 0.5) is 0 Å². The predicted octanol–water partition coefficient (Wildman–Crippen LogP) is 1.95. The molecule has 1 aliphatic heterocycles. The number of rotatable bonds is 2. The van der Waals surface area contributed by atoms with Crippen molar-refractivity contribution < 1.29 is 0 Å². The van der Waals surface area contributed by atoms with E-state index >= 15 is 0 Å². The highest BCUT2D eigenvalue weighted by atomic mass is 35.5. The summed E-state index contributed by atoms with van der Waals surface area (Å²) in [7, 11) is 0. The molecule has 0 aliphatic carbocycles. The number of nitrogens with zero attached hydrogens (tertiary/aromatic N) is 1. The lowest BCUT2D eigenvalue weighted by Gasteiger charge is -2.14. The van der Waals surface area contributed by atoms with Crippen molar-refractivity contribution in [3.63, 3.8) is 0 Å². The summed E-state index contributed by atoms with van der Waals surface area (Å²) in [5, 5.41) is 2.25. The largest absolute Gasteiger partial charge is 0.255 e. The van der Waals surface area contributed by atoms with Gasteiger partial charge in [0.2, 0.25) is 0 Å². The van der Waals surface area contributed by atoms with Crippen LogP contribution in [0.2, 0.25) is 0 Å². The van der Waals surface area contributed by atoms with E-state index in [9.17, 15) is 0 Å². The van der Waals surface area contributed by atoms with E-state index in [-0.39, 0.29) is 12.4 Å². The molecule has 0 atom stereocenters. The zero-order chi connectivity index (χ0) is 8.39. The van der Waals surface area contributed by atoms with Crippen LogP contribution in [0.25, 0.3) is 0 Å². The van der Waals surface area contributed by atoms with Crippen LogP contribution in [0.1, 0.15) is 18.1 Å². The van der Waals surface area contributed by atoms with Gasteiger partial charge in [-0.1, -0.05) is 31.2 Å². The van der Waals surface area contributed by atoms with Gasteiger partial charge < -0.3 is 0 Å². The molecule has 2 nitrogen and oxygen atoms in total. The first-order valence-corrected chi connectivity index (χ1v) is 4.45. The minimum absolute atomic E-state index is 0. The number of halogens is 1. The van der Waals surface area contributed by atoms with E-state index in [1.165, 1.54) is 11.1 Å². The Kier molecular flexibility index (Phi) is 3.72. The zero-order valence-corrected chi connectivity index (χ0v) is 8.60. The van der Waals surface area contributed by atoms with Gasteiger partial charge in [-0.2, -0.15) is 0 Å². The zero-order valence-electron chi connectivity index (χ0n) is 7.79. The van der Waals surface area contributed by atoms with Gasteiger partial charge in [-0.15, -0.1) is 12.4 Å². The average Bonchev–Trinajstić information content (AvgIpc) is 2.47. The first-order chi connectivity index (χ1) is 5.90. The molecular weight excluding hydrogens is 184 g/mol.